The molecule has 1 unspecified atom stereocenters. The lowest BCUT2D eigenvalue weighted by molar-refractivity contribution is -0.128. The van der Waals surface area contributed by atoms with Crippen LogP contribution in [-0.4, -0.2) is 19.6 Å². The molecule has 1 amide bonds. The van der Waals surface area contributed by atoms with Gasteiger partial charge in [-0.3, -0.25) is 4.79 Å². The van der Waals surface area contributed by atoms with Crippen molar-refractivity contribution < 1.29 is 9.53 Å². The van der Waals surface area contributed by atoms with Crippen LogP contribution in [0.25, 0.3) is 0 Å². The molecule has 0 aromatic heterocycles. The third kappa shape index (κ3) is 3.94. The van der Waals surface area contributed by atoms with Gasteiger partial charge in [-0.25, -0.2) is 0 Å². The fourth-order valence-electron chi connectivity index (χ4n) is 2.29. The number of carbonyl (C=O) groups excluding carboxylic acids is 1. The summed E-state index contributed by atoms with van der Waals surface area (Å²) in [6.45, 7) is 8.46. The molecule has 0 saturated heterocycles. The van der Waals surface area contributed by atoms with Crippen LogP contribution in [0.5, 0.6) is 0 Å². The molecule has 1 atom stereocenters. The van der Waals surface area contributed by atoms with Crippen molar-refractivity contribution in [2.45, 2.75) is 27.7 Å². The van der Waals surface area contributed by atoms with Crippen molar-refractivity contribution in [3.63, 3.8) is 0 Å². The van der Waals surface area contributed by atoms with E-state index in [-0.39, 0.29) is 11.8 Å². The summed E-state index contributed by atoms with van der Waals surface area (Å²) in [6.07, 6.45) is 2.01. The number of ether oxygens (including phenoxy) is 1. The summed E-state index contributed by atoms with van der Waals surface area (Å²) in [5.41, 5.74) is 1.27. The molecule has 1 aromatic rings. The van der Waals surface area contributed by atoms with Crippen LogP contribution in [0.3, 0.4) is 0 Å². The number of allylic oxidation sites excluding steroid dienone is 1. The Morgan fingerprint density at radius 3 is 2.35 bits per heavy atom. The fraction of sp³-hybridized carbons (Fsp3) is 0.471. The Morgan fingerprint density at radius 2 is 1.90 bits per heavy atom. The van der Waals surface area contributed by atoms with Crippen LogP contribution in [0.1, 0.15) is 27.7 Å². The van der Waals surface area contributed by atoms with E-state index in [9.17, 15) is 4.79 Å². The third-order valence-electron chi connectivity index (χ3n) is 3.41. The standard InChI is InChI=1S/C17H25NO2/c1-13(2)11-17(12-20-5,14(3)4)16(19)18-15-9-7-6-8-10-15/h6-11,14H,12H2,1-5H3,(H,18,19). The van der Waals surface area contributed by atoms with Crippen LogP contribution in [0.2, 0.25) is 0 Å². The van der Waals surface area contributed by atoms with Crippen molar-refractivity contribution in [3.8, 4) is 0 Å². The topological polar surface area (TPSA) is 38.3 Å². The highest BCUT2D eigenvalue weighted by molar-refractivity contribution is 5.97. The number of methoxy groups -OCH3 is 1. The highest BCUT2D eigenvalue weighted by atomic mass is 16.5. The van der Waals surface area contributed by atoms with Gasteiger partial charge < -0.3 is 10.1 Å². The highest BCUT2D eigenvalue weighted by Gasteiger charge is 2.39. The zero-order chi connectivity index (χ0) is 15.2. The first-order chi connectivity index (χ1) is 9.42. The van der Waals surface area contributed by atoms with Gasteiger partial charge in [-0.2, -0.15) is 0 Å². The number of anilines is 1. The van der Waals surface area contributed by atoms with Gasteiger partial charge in [-0.15, -0.1) is 0 Å². The van der Waals surface area contributed by atoms with Crippen molar-refractivity contribution in [2.24, 2.45) is 11.3 Å². The molecule has 0 saturated carbocycles. The molecular weight excluding hydrogens is 250 g/mol. The molecule has 0 bridgehead atoms. The number of nitrogens with one attached hydrogen (secondary N) is 1. The van der Waals surface area contributed by atoms with Crippen LogP contribution in [-0.2, 0) is 9.53 Å². The van der Waals surface area contributed by atoms with E-state index >= 15 is 0 Å². The van der Waals surface area contributed by atoms with Crippen molar-refractivity contribution in [2.75, 3.05) is 19.0 Å². The molecule has 0 fully saturated rings. The lowest BCUT2D eigenvalue weighted by atomic mass is 9.75. The predicted molar refractivity (Wildman–Crippen MR) is 83.6 cm³/mol. The van der Waals surface area contributed by atoms with E-state index in [0.29, 0.717) is 6.61 Å². The molecule has 0 aliphatic rings. The molecule has 0 aliphatic heterocycles. The number of benzene rings is 1. The second-order valence-corrected chi connectivity index (χ2v) is 5.67. The van der Waals surface area contributed by atoms with Gasteiger partial charge in [-0.1, -0.05) is 43.7 Å². The Kier molecular flexibility index (Phi) is 5.96. The quantitative estimate of drug-likeness (QED) is 0.800. The van der Waals surface area contributed by atoms with Gasteiger partial charge in [0.25, 0.3) is 0 Å². The van der Waals surface area contributed by atoms with E-state index in [2.05, 4.69) is 5.32 Å². The van der Waals surface area contributed by atoms with Crippen LogP contribution in [0.4, 0.5) is 5.69 Å². The summed E-state index contributed by atoms with van der Waals surface area (Å²) in [5.74, 6) is 0.114. The second-order valence-electron chi connectivity index (χ2n) is 5.67. The van der Waals surface area contributed by atoms with Gasteiger partial charge in [-0.05, 0) is 31.9 Å². The van der Waals surface area contributed by atoms with Gasteiger partial charge in [0.15, 0.2) is 0 Å². The average molecular weight is 275 g/mol. The molecule has 3 heteroatoms. The summed E-state index contributed by atoms with van der Waals surface area (Å²) in [4.78, 5) is 12.8. The smallest absolute Gasteiger partial charge is 0.237 e. The molecule has 0 radical (unpaired) electrons. The first-order valence-corrected chi connectivity index (χ1v) is 6.94. The van der Waals surface area contributed by atoms with E-state index in [0.717, 1.165) is 11.3 Å². The largest absolute Gasteiger partial charge is 0.383 e. The van der Waals surface area contributed by atoms with Crippen molar-refractivity contribution in [1.82, 2.24) is 0 Å². The minimum atomic E-state index is -0.649. The van der Waals surface area contributed by atoms with Crippen LogP contribution in [0.15, 0.2) is 42.0 Å². The van der Waals surface area contributed by atoms with E-state index in [1.807, 2.05) is 64.1 Å². The summed E-state index contributed by atoms with van der Waals surface area (Å²) in [5, 5.41) is 2.99. The van der Waals surface area contributed by atoms with E-state index in [1.54, 1.807) is 7.11 Å². The molecule has 0 aliphatic carbocycles. The van der Waals surface area contributed by atoms with Crippen molar-refractivity contribution in [3.05, 3.63) is 42.0 Å². The first kappa shape index (κ1) is 16.4. The molecule has 1 aromatic carbocycles. The Hall–Kier alpha value is -1.61. The molecule has 1 N–H and O–H groups in total. The number of para-hydroxylation sites is 1. The minimum absolute atomic E-state index is 0.0262. The maximum atomic E-state index is 12.8. The van der Waals surface area contributed by atoms with Gasteiger partial charge in [0, 0.05) is 12.8 Å². The van der Waals surface area contributed by atoms with Crippen molar-refractivity contribution >= 4 is 11.6 Å². The third-order valence-corrected chi connectivity index (χ3v) is 3.41. The zero-order valence-corrected chi connectivity index (χ0v) is 13.1. The monoisotopic (exact) mass is 275 g/mol. The van der Waals surface area contributed by atoms with E-state index in [1.165, 1.54) is 0 Å². The minimum Gasteiger partial charge on any atom is -0.383 e. The van der Waals surface area contributed by atoms with Crippen LogP contribution >= 0.6 is 0 Å². The number of amides is 1. The highest BCUT2D eigenvalue weighted by Crippen LogP contribution is 2.33. The van der Waals surface area contributed by atoms with E-state index in [4.69, 9.17) is 4.74 Å². The van der Waals surface area contributed by atoms with Gasteiger partial charge in [0.2, 0.25) is 5.91 Å². The fourth-order valence-corrected chi connectivity index (χ4v) is 2.29. The maximum absolute atomic E-state index is 12.8. The lowest BCUT2D eigenvalue weighted by Gasteiger charge is -2.33. The molecule has 3 nitrogen and oxygen atoms in total. The van der Waals surface area contributed by atoms with Crippen LogP contribution < -0.4 is 5.32 Å². The van der Waals surface area contributed by atoms with Crippen molar-refractivity contribution in [1.29, 1.82) is 0 Å². The summed E-state index contributed by atoms with van der Waals surface area (Å²) >= 11 is 0. The molecule has 0 heterocycles. The van der Waals surface area contributed by atoms with Gasteiger partial charge in [0.05, 0.1) is 12.0 Å². The Morgan fingerprint density at radius 1 is 1.30 bits per heavy atom. The Bertz CT molecular complexity index is 461. The lowest BCUT2D eigenvalue weighted by Crippen LogP contribution is -2.43. The molecule has 20 heavy (non-hydrogen) atoms. The van der Waals surface area contributed by atoms with Crippen LogP contribution in [0, 0.1) is 11.3 Å². The normalized spacial score (nSPS) is 13.7. The summed E-state index contributed by atoms with van der Waals surface area (Å²) in [7, 11) is 1.63. The second kappa shape index (κ2) is 7.25. The Labute approximate surface area is 122 Å². The van der Waals surface area contributed by atoms with E-state index < -0.39 is 5.41 Å². The molecular formula is C17H25NO2. The summed E-state index contributed by atoms with van der Waals surface area (Å²) in [6, 6.07) is 9.51. The molecule has 0 spiro atoms. The predicted octanol–water partition coefficient (Wildman–Crippen LogP) is 3.88. The SMILES string of the molecule is COCC(C=C(C)C)(C(=O)Nc1ccccc1)C(C)C. The summed E-state index contributed by atoms with van der Waals surface area (Å²) < 4.78 is 5.32. The number of hydrogen-bond acceptors (Lipinski definition) is 2. The number of rotatable bonds is 6. The molecule has 1 rings (SSSR count). The molecule has 110 valence electrons. The zero-order valence-electron chi connectivity index (χ0n) is 13.1. The Balaban J connectivity index is 3.09. The number of carbonyl (C=O) groups is 1. The maximum Gasteiger partial charge on any atom is 0.237 e. The first-order valence-electron chi connectivity index (χ1n) is 6.94. The average Bonchev–Trinajstić information content (AvgIpc) is 2.38. The van der Waals surface area contributed by atoms with Gasteiger partial charge >= 0.3 is 0 Å². The van der Waals surface area contributed by atoms with Gasteiger partial charge in [0.1, 0.15) is 0 Å². The number of hydrogen-bond donors (Lipinski definition) is 1.